The number of benzene rings is 1. The van der Waals surface area contributed by atoms with Crippen LogP contribution in [0.5, 0.6) is 0 Å². The average molecular weight is 440 g/mol. The Kier molecular flexibility index (Phi) is 5.72. The molecule has 1 atom stereocenters. The van der Waals surface area contributed by atoms with Crippen LogP contribution >= 0.6 is 34.8 Å². The van der Waals surface area contributed by atoms with Crippen LogP contribution in [-0.4, -0.2) is 46.2 Å². The molecule has 0 spiro atoms. The molecule has 3 N–H and O–H groups in total. The molecular formula is C20H21Cl3N4O. The Hall–Kier alpha value is -1.50. The predicted octanol–water partition coefficient (Wildman–Crippen LogP) is 4.84. The number of hydrogen-bond acceptors (Lipinski definition) is 4. The van der Waals surface area contributed by atoms with E-state index in [9.17, 15) is 5.11 Å². The highest BCUT2D eigenvalue weighted by Crippen LogP contribution is 2.35. The van der Waals surface area contributed by atoms with Gasteiger partial charge in [-0.05, 0) is 43.2 Å². The van der Waals surface area contributed by atoms with Gasteiger partial charge in [-0.3, -0.25) is 4.90 Å². The number of hydrogen-bond donors (Lipinski definition) is 3. The Morgan fingerprint density at radius 3 is 2.86 bits per heavy atom. The van der Waals surface area contributed by atoms with Gasteiger partial charge < -0.3 is 15.4 Å². The molecule has 3 aromatic rings. The molecule has 0 amide bonds. The lowest BCUT2D eigenvalue weighted by Gasteiger charge is -2.34. The third-order valence-corrected chi connectivity index (χ3v) is 6.20. The van der Waals surface area contributed by atoms with Crippen molar-refractivity contribution in [2.45, 2.75) is 19.4 Å². The number of rotatable bonds is 5. The van der Waals surface area contributed by atoms with Gasteiger partial charge in [0, 0.05) is 41.3 Å². The van der Waals surface area contributed by atoms with Crippen molar-refractivity contribution in [1.29, 1.82) is 0 Å². The quantitative estimate of drug-likeness (QED) is 0.532. The molecule has 1 aliphatic heterocycles. The standard InChI is InChI=1S/C20H21Cl3N4O/c1-11-15(22)9-16(23)20(25-11)24-5-7-27-6-4-13-14-8-12(21)2-3-17(14)26-19(13)18(27)10-28/h2-3,8-9,18,26,28H,4-7,10H2,1H3,(H,24,25). The Balaban J connectivity index is 1.49. The van der Waals surface area contributed by atoms with Gasteiger partial charge in [-0.15, -0.1) is 0 Å². The number of aliphatic hydroxyl groups is 1. The van der Waals surface area contributed by atoms with Crippen molar-refractivity contribution in [2.24, 2.45) is 0 Å². The van der Waals surface area contributed by atoms with Gasteiger partial charge in [0.15, 0.2) is 0 Å². The second-order valence-electron chi connectivity index (χ2n) is 7.00. The van der Waals surface area contributed by atoms with Crippen LogP contribution in [0.3, 0.4) is 0 Å². The highest BCUT2D eigenvalue weighted by Gasteiger charge is 2.29. The SMILES string of the molecule is Cc1nc(NCCN2CCc3c([nH]c4ccc(Cl)cc34)C2CO)c(Cl)cc1Cl. The van der Waals surface area contributed by atoms with E-state index in [1.165, 1.54) is 5.56 Å². The number of halogens is 3. The molecule has 0 aliphatic carbocycles. The second kappa shape index (κ2) is 8.09. The third kappa shape index (κ3) is 3.70. The van der Waals surface area contributed by atoms with Crippen LogP contribution in [0, 0.1) is 6.92 Å². The van der Waals surface area contributed by atoms with E-state index in [0.29, 0.717) is 22.4 Å². The highest BCUT2D eigenvalue weighted by molar-refractivity contribution is 6.36. The van der Waals surface area contributed by atoms with Crippen LogP contribution in [0.1, 0.15) is 23.0 Å². The Morgan fingerprint density at radius 1 is 1.25 bits per heavy atom. The van der Waals surface area contributed by atoms with Gasteiger partial charge in [0.05, 0.1) is 28.4 Å². The molecule has 0 saturated heterocycles. The van der Waals surface area contributed by atoms with E-state index in [0.717, 1.165) is 46.8 Å². The van der Waals surface area contributed by atoms with Gasteiger partial charge in [-0.25, -0.2) is 4.98 Å². The summed E-state index contributed by atoms with van der Waals surface area (Å²) in [5.41, 5.74) is 4.12. The first-order valence-corrected chi connectivity index (χ1v) is 10.3. The molecule has 1 aromatic carbocycles. The van der Waals surface area contributed by atoms with Crippen molar-refractivity contribution in [3.63, 3.8) is 0 Å². The van der Waals surface area contributed by atoms with Crippen molar-refractivity contribution >= 4 is 51.5 Å². The number of pyridine rings is 1. The maximum absolute atomic E-state index is 10.1. The summed E-state index contributed by atoms with van der Waals surface area (Å²) in [5, 5.41) is 16.3. The minimum absolute atomic E-state index is 0.0482. The smallest absolute Gasteiger partial charge is 0.145 e. The van der Waals surface area contributed by atoms with Gasteiger partial charge >= 0.3 is 0 Å². The fourth-order valence-corrected chi connectivity index (χ4v) is 4.46. The van der Waals surface area contributed by atoms with E-state index in [2.05, 4.69) is 20.2 Å². The molecule has 8 heteroatoms. The van der Waals surface area contributed by atoms with Crippen LogP contribution < -0.4 is 5.32 Å². The predicted molar refractivity (Wildman–Crippen MR) is 116 cm³/mol. The fourth-order valence-electron chi connectivity index (χ4n) is 3.86. The van der Waals surface area contributed by atoms with E-state index in [1.807, 2.05) is 25.1 Å². The summed E-state index contributed by atoms with van der Waals surface area (Å²) in [5.74, 6) is 0.627. The van der Waals surface area contributed by atoms with Crippen molar-refractivity contribution in [3.05, 3.63) is 56.3 Å². The largest absolute Gasteiger partial charge is 0.394 e. The molecule has 2 aromatic heterocycles. The van der Waals surface area contributed by atoms with Crippen LogP contribution in [0.15, 0.2) is 24.3 Å². The molecule has 0 radical (unpaired) electrons. The van der Waals surface area contributed by atoms with E-state index in [-0.39, 0.29) is 12.6 Å². The topological polar surface area (TPSA) is 64.2 Å². The van der Waals surface area contributed by atoms with Crippen LogP contribution in [0.25, 0.3) is 10.9 Å². The summed E-state index contributed by atoms with van der Waals surface area (Å²) in [6.07, 6.45) is 0.908. The van der Waals surface area contributed by atoms with Gasteiger partial charge in [-0.2, -0.15) is 0 Å². The first-order valence-electron chi connectivity index (χ1n) is 9.19. The normalized spacial score (nSPS) is 17.1. The van der Waals surface area contributed by atoms with Gasteiger partial charge in [0.2, 0.25) is 0 Å². The van der Waals surface area contributed by atoms with Crippen LogP contribution in [-0.2, 0) is 6.42 Å². The molecule has 1 unspecified atom stereocenters. The molecule has 1 aliphatic rings. The maximum Gasteiger partial charge on any atom is 0.145 e. The molecule has 0 fully saturated rings. The first-order chi connectivity index (χ1) is 13.5. The van der Waals surface area contributed by atoms with Crippen molar-refractivity contribution in [2.75, 3.05) is 31.6 Å². The van der Waals surface area contributed by atoms with Gasteiger partial charge in [0.1, 0.15) is 5.82 Å². The monoisotopic (exact) mass is 438 g/mol. The number of aliphatic hydroxyl groups excluding tert-OH is 1. The van der Waals surface area contributed by atoms with E-state index in [1.54, 1.807) is 6.07 Å². The number of aromatic nitrogens is 2. The van der Waals surface area contributed by atoms with Crippen LogP contribution in [0.2, 0.25) is 15.1 Å². The number of anilines is 1. The van der Waals surface area contributed by atoms with E-state index >= 15 is 0 Å². The number of aromatic amines is 1. The highest BCUT2D eigenvalue weighted by atomic mass is 35.5. The van der Waals surface area contributed by atoms with Crippen molar-refractivity contribution in [1.82, 2.24) is 14.9 Å². The molecule has 3 heterocycles. The summed E-state index contributed by atoms with van der Waals surface area (Å²) in [4.78, 5) is 10.1. The van der Waals surface area contributed by atoms with Crippen molar-refractivity contribution in [3.8, 4) is 0 Å². The average Bonchev–Trinajstić information content (AvgIpc) is 3.03. The molecule has 0 saturated carbocycles. The number of fused-ring (bicyclic) bond motifs is 3. The van der Waals surface area contributed by atoms with E-state index < -0.39 is 0 Å². The Morgan fingerprint density at radius 2 is 2.07 bits per heavy atom. The summed E-state index contributed by atoms with van der Waals surface area (Å²) in [6, 6.07) is 7.49. The summed E-state index contributed by atoms with van der Waals surface area (Å²) in [7, 11) is 0. The Labute approximate surface area is 178 Å². The zero-order chi connectivity index (χ0) is 19.8. The zero-order valence-electron chi connectivity index (χ0n) is 15.4. The zero-order valence-corrected chi connectivity index (χ0v) is 17.7. The number of H-pyrrole nitrogens is 1. The fraction of sp³-hybridized carbons (Fsp3) is 0.350. The van der Waals surface area contributed by atoms with Gasteiger partial charge in [0.25, 0.3) is 0 Å². The number of nitrogens with zero attached hydrogens (tertiary/aromatic N) is 2. The second-order valence-corrected chi connectivity index (χ2v) is 8.26. The number of aryl methyl sites for hydroxylation is 1. The molecule has 4 rings (SSSR count). The molecule has 148 valence electrons. The Bertz CT molecular complexity index is 1020. The third-order valence-electron chi connectivity index (χ3n) is 5.29. The molecule has 28 heavy (non-hydrogen) atoms. The minimum atomic E-state index is -0.0767. The maximum atomic E-state index is 10.1. The molecule has 5 nitrogen and oxygen atoms in total. The molecular weight excluding hydrogens is 419 g/mol. The lowest BCUT2D eigenvalue weighted by molar-refractivity contribution is 0.116. The summed E-state index contributed by atoms with van der Waals surface area (Å²) < 4.78 is 0. The van der Waals surface area contributed by atoms with Crippen LogP contribution in [0.4, 0.5) is 5.82 Å². The lowest BCUT2D eigenvalue weighted by atomic mass is 9.97. The van der Waals surface area contributed by atoms with E-state index in [4.69, 9.17) is 34.8 Å². The van der Waals surface area contributed by atoms with Gasteiger partial charge in [-0.1, -0.05) is 34.8 Å². The van der Waals surface area contributed by atoms with Crippen molar-refractivity contribution < 1.29 is 5.11 Å². The number of nitrogens with one attached hydrogen (secondary N) is 2. The summed E-state index contributed by atoms with van der Waals surface area (Å²) >= 11 is 18.4. The lowest BCUT2D eigenvalue weighted by Crippen LogP contribution is -2.40. The minimum Gasteiger partial charge on any atom is -0.394 e. The first kappa shape index (κ1) is 19.8. The summed E-state index contributed by atoms with van der Waals surface area (Å²) in [6.45, 7) is 4.17. The molecule has 0 bridgehead atoms.